The highest BCUT2D eigenvalue weighted by Crippen LogP contribution is 2.47. The molecule has 0 radical (unpaired) electrons. The van der Waals surface area contributed by atoms with Crippen LogP contribution in [-0.4, -0.2) is 37.2 Å². The van der Waals surface area contributed by atoms with Gasteiger partial charge in [0.05, 0.1) is 13.2 Å². The normalized spacial score (nSPS) is 11.3. The van der Waals surface area contributed by atoms with Crippen molar-refractivity contribution in [1.29, 1.82) is 0 Å². The third kappa shape index (κ3) is 5.45. The van der Waals surface area contributed by atoms with Crippen molar-refractivity contribution in [3.05, 3.63) is 35.9 Å². The number of carbonyl (C=O) groups is 1. The average Bonchev–Trinajstić information content (AvgIpc) is 2.40. The lowest BCUT2D eigenvalue weighted by Gasteiger charge is -2.21. The largest absolute Gasteiger partial charge is 0.341 e. The molecule has 6 heteroatoms. The van der Waals surface area contributed by atoms with E-state index in [4.69, 9.17) is 9.05 Å². The highest BCUT2D eigenvalue weighted by atomic mass is 31.2. The van der Waals surface area contributed by atoms with Crippen LogP contribution in [0.5, 0.6) is 0 Å². The van der Waals surface area contributed by atoms with Crippen molar-refractivity contribution in [3.8, 4) is 0 Å². The lowest BCUT2D eigenvalue weighted by atomic mass is 10.2. The lowest BCUT2D eigenvalue weighted by molar-refractivity contribution is -0.128. The van der Waals surface area contributed by atoms with Gasteiger partial charge < -0.3 is 13.9 Å². The quantitative estimate of drug-likeness (QED) is 0.693. The van der Waals surface area contributed by atoms with Gasteiger partial charge in [-0.2, -0.15) is 0 Å². The standard InChI is InChI=1S/C14H22NO4P/c1-4-18-20(17,19-5-2)12-14(16)15(3)11-13-9-7-6-8-10-13/h6-10H,4-5,11-12H2,1-3H3. The molecule has 0 heterocycles. The first-order chi connectivity index (χ1) is 9.50. The SMILES string of the molecule is CCOP(=O)(CC(=O)N(C)Cc1ccccc1)OCC. The number of amides is 1. The van der Waals surface area contributed by atoms with Crippen molar-refractivity contribution in [2.75, 3.05) is 26.4 Å². The Kier molecular flexibility index (Phi) is 6.93. The molecule has 20 heavy (non-hydrogen) atoms. The summed E-state index contributed by atoms with van der Waals surface area (Å²) >= 11 is 0. The fraction of sp³-hybridized carbons (Fsp3) is 0.500. The Bertz CT molecular complexity index is 454. The van der Waals surface area contributed by atoms with E-state index in [2.05, 4.69) is 0 Å². The maximum absolute atomic E-state index is 12.3. The van der Waals surface area contributed by atoms with Crippen LogP contribution >= 0.6 is 7.60 Å². The molecule has 0 unspecified atom stereocenters. The van der Waals surface area contributed by atoms with E-state index in [-0.39, 0.29) is 25.3 Å². The van der Waals surface area contributed by atoms with E-state index in [0.717, 1.165) is 5.56 Å². The van der Waals surface area contributed by atoms with Crippen LogP contribution in [-0.2, 0) is 25.0 Å². The molecule has 0 N–H and O–H groups in total. The molecule has 0 atom stereocenters. The second kappa shape index (κ2) is 8.20. The van der Waals surface area contributed by atoms with Crippen LogP contribution in [0.2, 0.25) is 0 Å². The molecule has 0 bridgehead atoms. The molecule has 0 spiro atoms. The molecule has 0 aliphatic heterocycles. The Morgan fingerprint density at radius 2 is 1.70 bits per heavy atom. The van der Waals surface area contributed by atoms with E-state index < -0.39 is 7.60 Å². The maximum atomic E-state index is 12.3. The maximum Gasteiger partial charge on any atom is 0.340 e. The van der Waals surface area contributed by atoms with Gasteiger partial charge in [0.15, 0.2) is 0 Å². The molecule has 1 aromatic rings. The molecule has 5 nitrogen and oxygen atoms in total. The van der Waals surface area contributed by atoms with E-state index in [1.807, 2.05) is 30.3 Å². The van der Waals surface area contributed by atoms with Gasteiger partial charge in [-0.15, -0.1) is 0 Å². The zero-order valence-electron chi connectivity index (χ0n) is 12.2. The minimum Gasteiger partial charge on any atom is -0.341 e. The summed E-state index contributed by atoms with van der Waals surface area (Å²) < 4.78 is 22.5. The molecule has 112 valence electrons. The summed E-state index contributed by atoms with van der Waals surface area (Å²) in [7, 11) is -1.65. The Morgan fingerprint density at radius 1 is 1.15 bits per heavy atom. The van der Waals surface area contributed by atoms with E-state index in [1.54, 1.807) is 20.9 Å². The predicted octanol–water partition coefficient (Wildman–Crippen LogP) is 2.91. The van der Waals surface area contributed by atoms with Gasteiger partial charge in [0.2, 0.25) is 5.91 Å². The first-order valence-corrected chi connectivity index (χ1v) is 8.39. The Hall–Kier alpha value is -1.16. The summed E-state index contributed by atoms with van der Waals surface area (Å²) in [5, 5.41) is 0. The van der Waals surface area contributed by atoms with E-state index in [9.17, 15) is 9.36 Å². The minimum absolute atomic E-state index is 0.224. The van der Waals surface area contributed by atoms with Crippen molar-refractivity contribution in [1.82, 2.24) is 4.90 Å². The third-order valence-electron chi connectivity index (χ3n) is 2.67. The molecule has 0 aliphatic rings. The smallest absolute Gasteiger partial charge is 0.340 e. The second-order valence-electron chi connectivity index (χ2n) is 4.34. The molecule has 1 rings (SSSR count). The van der Waals surface area contributed by atoms with Gasteiger partial charge in [-0.25, -0.2) is 0 Å². The van der Waals surface area contributed by atoms with Gasteiger partial charge in [0, 0.05) is 13.6 Å². The van der Waals surface area contributed by atoms with Gasteiger partial charge in [0.1, 0.15) is 6.16 Å². The fourth-order valence-electron chi connectivity index (χ4n) is 1.75. The number of carbonyl (C=O) groups excluding carboxylic acids is 1. The minimum atomic E-state index is -3.33. The van der Waals surface area contributed by atoms with Crippen LogP contribution in [0, 0.1) is 0 Å². The van der Waals surface area contributed by atoms with Crippen LogP contribution in [0.4, 0.5) is 0 Å². The highest BCUT2D eigenvalue weighted by Gasteiger charge is 2.29. The molecule has 0 fully saturated rings. The monoisotopic (exact) mass is 299 g/mol. The first kappa shape index (κ1) is 16.9. The molecule has 0 saturated heterocycles. The fourth-order valence-corrected chi connectivity index (χ4v) is 3.37. The Morgan fingerprint density at radius 3 is 2.20 bits per heavy atom. The van der Waals surface area contributed by atoms with Crippen LogP contribution < -0.4 is 0 Å². The van der Waals surface area contributed by atoms with Gasteiger partial charge in [0.25, 0.3) is 0 Å². The van der Waals surface area contributed by atoms with Crippen molar-refractivity contribution in [3.63, 3.8) is 0 Å². The summed E-state index contributed by atoms with van der Waals surface area (Å²) in [5.74, 6) is -0.251. The van der Waals surface area contributed by atoms with E-state index in [0.29, 0.717) is 6.54 Å². The number of benzene rings is 1. The zero-order valence-corrected chi connectivity index (χ0v) is 13.1. The molecular weight excluding hydrogens is 277 g/mol. The van der Waals surface area contributed by atoms with Gasteiger partial charge >= 0.3 is 7.60 Å². The van der Waals surface area contributed by atoms with Gasteiger partial charge in [-0.05, 0) is 19.4 Å². The number of hydrogen-bond acceptors (Lipinski definition) is 4. The van der Waals surface area contributed by atoms with Crippen LogP contribution in [0.1, 0.15) is 19.4 Å². The second-order valence-corrected chi connectivity index (χ2v) is 6.39. The van der Waals surface area contributed by atoms with Crippen LogP contribution in [0.3, 0.4) is 0 Å². The molecular formula is C14H22NO4P. The highest BCUT2D eigenvalue weighted by molar-refractivity contribution is 7.54. The summed E-state index contributed by atoms with van der Waals surface area (Å²) in [6.45, 7) is 4.44. The third-order valence-corrected chi connectivity index (χ3v) is 4.63. The average molecular weight is 299 g/mol. The van der Waals surface area contributed by atoms with Crippen LogP contribution in [0.25, 0.3) is 0 Å². The molecule has 1 aromatic carbocycles. The van der Waals surface area contributed by atoms with Crippen LogP contribution in [0.15, 0.2) is 30.3 Å². The number of rotatable bonds is 8. The Labute approximate surface area is 120 Å². The number of hydrogen-bond donors (Lipinski definition) is 0. The lowest BCUT2D eigenvalue weighted by Crippen LogP contribution is -2.29. The van der Waals surface area contributed by atoms with Crippen molar-refractivity contribution >= 4 is 13.5 Å². The summed E-state index contributed by atoms with van der Waals surface area (Å²) in [5.41, 5.74) is 1.02. The van der Waals surface area contributed by atoms with Crippen molar-refractivity contribution in [2.45, 2.75) is 20.4 Å². The topological polar surface area (TPSA) is 55.8 Å². The number of nitrogens with zero attached hydrogens (tertiary/aromatic N) is 1. The summed E-state index contributed by atoms with van der Waals surface area (Å²) in [4.78, 5) is 13.6. The molecule has 1 amide bonds. The van der Waals surface area contributed by atoms with Gasteiger partial charge in [-0.3, -0.25) is 9.36 Å². The van der Waals surface area contributed by atoms with Crippen molar-refractivity contribution < 1.29 is 18.4 Å². The molecule has 0 aliphatic carbocycles. The molecule has 0 saturated carbocycles. The van der Waals surface area contributed by atoms with Gasteiger partial charge in [-0.1, -0.05) is 30.3 Å². The summed E-state index contributed by atoms with van der Waals surface area (Å²) in [6.07, 6.45) is -0.224. The van der Waals surface area contributed by atoms with E-state index >= 15 is 0 Å². The van der Waals surface area contributed by atoms with Crippen molar-refractivity contribution in [2.24, 2.45) is 0 Å². The Balaban J connectivity index is 2.62. The van der Waals surface area contributed by atoms with E-state index in [1.165, 1.54) is 4.90 Å². The zero-order chi connectivity index (χ0) is 15.0. The first-order valence-electron chi connectivity index (χ1n) is 6.66. The summed E-state index contributed by atoms with van der Waals surface area (Å²) in [6, 6.07) is 9.63. The predicted molar refractivity (Wildman–Crippen MR) is 78.6 cm³/mol. The molecule has 0 aromatic heterocycles.